The number of ether oxygens (including phenoxy) is 1. The Labute approximate surface area is 103 Å². The number of rotatable bonds is 8. The van der Waals surface area contributed by atoms with Gasteiger partial charge in [0.15, 0.2) is 0 Å². The highest BCUT2D eigenvalue weighted by atomic mass is 16.5. The Morgan fingerprint density at radius 3 is 2.59 bits per heavy atom. The zero-order valence-corrected chi connectivity index (χ0v) is 10.4. The first kappa shape index (κ1) is 13.7. The van der Waals surface area contributed by atoms with Crippen molar-refractivity contribution >= 4 is 0 Å². The van der Waals surface area contributed by atoms with E-state index >= 15 is 0 Å². The first-order chi connectivity index (χ1) is 8.26. The van der Waals surface area contributed by atoms with Crippen molar-refractivity contribution in [1.82, 2.24) is 4.90 Å². The van der Waals surface area contributed by atoms with Gasteiger partial charge in [0, 0.05) is 19.6 Å². The van der Waals surface area contributed by atoms with Crippen LogP contribution in [-0.4, -0.2) is 42.9 Å². The summed E-state index contributed by atoms with van der Waals surface area (Å²) >= 11 is 0. The molecule has 0 aliphatic heterocycles. The second-order valence-corrected chi connectivity index (χ2v) is 3.97. The number of nitrogens with zero attached hydrogens (tertiary/aromatic N) is 1. The van der Waals surface area contributed by atoms with Gasteiger partial charge >= 0.3 is 0 Å². The Bertz CT molecular complexity index is 321. The average molecular weight is 235 g/mol. The van der Waals surface area contributed by atoms with Gasteiger partial charge in [-0.15, -0.1) is 6.58 Å². The molecule has 0 aromatic heterocycles. The third kappa shape index (κ3) is 5.52. The highest BCUT2D eigenvalue weighted by molar-refractivity contribution is 5.26. The van der Waals surface area contributed by atoms with E-state index in [1.54, 1.807) is 0 Å². The molecule has 0 radical (unpaired) electrons. The zero-order valence-electron chi connectivity index (χ0n) is 10.4. The van der Waals surface area contributed by atoms with Gasteiger partial charge in [-0.25, -0.2) is 0 Å². The van der Waals surface area contributed by atoms with Crippen LogP contribution >= 0.6 is 0 Å². The van der Waals surface area contributed by atoms with E-state index in [1.165, 1.54) is 5.56 Å². The second kappa shape index (κ2) is 7.87. The van der Waals surface area contributed by atoms with Gasteiger partial charge in [-0.3, -0.25) is 4.90 Å². The molecule has 0 aliphatic rings. The van der Waals surface area contributed by atoms with Crippen molar-refractivity contribution in [2.75, 3.05) is 32.8 Å². The molecule has 0 amide bonds. The van der Waals surface area contributed by atoms with Gasteiger partial charge in [-0.2, -0.15) is 0 Å². The fourth-order valence-corrected chi connectivity index (χ4v) is 1.55. The summed E-state index contributed by atoms with van der Waals surface area (Å²) in [6.07, 6.45) is 1.83. The molecule has 0 bridgehead atoms. The van der Waals surface area contributed by atoms with Gasteiger partial charge in [0.2, 0.25) is 0 Å². The monoisotopic (exact) mass is 235 g/mol. The lowest BCUT2D eigenvalue weighted by Gasteiger charge is -2.19. The molecule has 0 fully saturated rings. The number of hydrogen-bond acceptors (Lipinski definition) is 3. The van der Waals surface area contributed by atoms with E-state index in [2.05, 4.69) is 18.4 Å². The lowest BCUT2D eigenvalue weighted by Crippen LogP contribution is -2.31. The molecule has 1 aromatic rings. The lowest BCUT2D eigenvalue weighted by atomic mass is 10.2. The van der Waals surface area contributed by atoms with Crippen LogP contribution in [0.15, 0.2) is 36.9 Å². The van der Waals surface area contributed by atoms with Gasteiger partial charge in [0.05, 0.1) is 6.61 Å². The molecule has 1 aromatic carbocycles. The number of aliphatic hydroxyl groups excluding tert-OH is 1. The van der Waals surface area contributed by atoms with E-state index < -0.39 is 0 Å². The maximum absolute atomic E-state index is 8.89. The molecule has 17 heavy (non-hydrogen) atoms. The Morgan fingerprint density at radius 2 is 2.00 bits per heavy atom. The summed E-state index contributed by atoms with van der Waals surface area (Å²) < 4.78 is 5.63. The van der Waals surface area contributed by atoms with Gasteiger partial charge in [0.1, 0.15) is 12.4 Å². The van der Waals surface area contributed by atoms with E-state index in [9.17, 15) is 0 Å². The molecule has 0 atom stereocenters. The molecular formula is C14H21NO2. The van der Waals surface area contributed by atoms with Gasteiger partial charge < -0.3 is 9.84 Å². The predicted octanol–water partition coefficient (Wildman–Crippen LogP) is 1.85. The number of benzene rings is 1. The van der Waals surface area contributed by atoms with Crippen LogP contribution in [0.25, 0.3) is 0 Å². The molecular weight excluding hydrogens is 214 g/mol. The third-order valence-corrected chi connectivity index (χ3v) is 2.50. The smallest absolute Gasteiger partial charge is 0.119 e. The van der Waals surface area contributed by atoms with Crippen molar-refractivity contribution in [2.45, 2.75) is 6.92 Å². The Morgan fingerprint density at radius 1 is 1.29 bits per heavy atom. The highest BCUT2D eigenvalue weighted by Gasteiger charge is 2.02. The van der Waals surface area contributed by atoms with E-state index in [-0.39, 0.29) is 6.61 Å². The summed E-state index contributed by atoms with van der Waals surface area (Å²) in [5, 5.41) is 8.89. The minimum atomic E-state index is 0.165. The molecule has 3 nitrogen and oxygen atoms in total. The van der Waals surface area contributed by atoms with Crippen LogP contribution < -0.4 is 4.74 Å². The number of aryl methyl sites for hydroxylation is 1. The molecule has 1 N–H and O–H groups in total. The van der Waals surface area contributed by atoms with Crippen LogP contribution in [0.3, 0.4) is 0 Å². The van der Waals surface area contributed by atoms with Crippen LogP contribution in [0.1, 0.15) is 5.56 Å². The fraction of sp³-hybridized carbons (Fsp3) is 0.429. The van der Waals surface area contributed by atoms with Crippen molar-refractivity contribution in [1.29, 1.82) is 0 Å². The van der Waals surface area contributed by atoms with E-state index in [1.807, 2.05) is 30.3 Å². The first-order valence-corrected chi connectivity index (χ1v) is 5.90. The topological polar surface area (TPSA) is 32.7 Å². The van der Waals surface area contributed by atoms with Crippen LogP contribution in [0.4, 0.5) is 0 Å². The maximum atomic E-state index is 8.89. The summed E-state index contributed by atoms with van der Waals surface area (Å²) in [6.45, 7) is 8.76. The van der Waals surface area contributed by atoms with Crippen molar-refractivity contribution in [3.63, 3.8) is 0 Å². The van der Waals surface area contributed by atoms with Crippen LogP contribution in [0.2, 0.25) is 0 Å². The summed E-state index contributed by atoms with van der Waals surface area (Å²) in [4.78, 5) is 2.10. The lowest BCUT2D eigenvalue weighted by molar-refractivity contribution is 0.180. The quantitative estimate of drug-likeness (QED) is 0.698. The summed E-state index contributed by atoms with van der Waals surface area (Å²) in [6, 6.07) is 8.01. The van der Waals surface area contributed by atoms with Gasteiger partial charge in [-0.05, 0) is 19.1 Å². The average Bonchev–Trinajstić information content (AvgIpc) is 2.32. The van der Waals surface area contributed by atoms with Gasteiger partial charge in [0.25, 0.3) is 0 Å². The van der Waals surface area contributed by atoms with E-state index in [4.69, 9.17) is 9.84 Å². The minimum Gasteiger partial charge on any atom is -0.492 e. The molecule has 0 heterocycles. The zero-order chi connectivity index (χ0) is 12.5. The molecule has 0 aliphatic carbocycles. The Balaban J connectivity index is 2.29. The molecule has 3 heteroatoms. The predicted molar refractivity (Wildman–Crippen MR) is 70.4 cm³/mol. The highest BCUT2D eigenvalue weighted by Crippen LogP contribution is 2.11. The van der Waals surface area contributed by atoms with E-state index in [0.717, 1.165) is 18.8 Å². The SMILES string of the molecule is C=CCN(CCO)CCOc1ccc(C)cc1. The van der Waals surface area contributed by atoms with Crippen molar-refractivity contribution in [3.05, 3.63) is 42.5 Å². The van der Waals surface area contributed by atoms with Crippen molar-refractivity contribution in [3.8, 4) is 5.75 Å². The molecule has 0 unspecified atom stereocenters. The van der Waals surface area contributed by atoms with Crippen LogP contribution in [-0.2, 0) is 0 Å². The Hall–Kier alpha value is -1.32. The summed E-state index contributed by atoms with van der Waals surface area (Å²) in [5.74, 6) is 0.887. The van der Waals surface area contributed by atoms with Gasteiger partial charge in [-0.1, -0.05) is 23.8 Å². The third-order valence-electron chi connectivity index (χ3n) is 2.50. The Kier molecular flexibility index (Phi) is 6.37. The first-order valence-electron chi connectivity index (χ1n) is 5.90. The molecule has 0 saturated carbocycles. The molecule has 94 valence electrons. The molecule has 0 spiro atoms. The summed E-state index contributed by atoms with van der Waals surface area (Å²) in [7, 11) is 0. The standard InChI is InChI=1S/C14H21NO2/c1-3-8-15(9-11-16)10-12-17-14-6-4-13(2)5-7-14/h3-7,16H,1,8-12H2,2H3. The normalized spacial score (nSPS) is 10.5. The summed E-state index contributed by atoms with van der Waals surface area (Å²) in [5.41, 5.74) is 1.23. The maximum Gasteiger partial charge on any atom is 0.119 e. The van der Waals surface area contributed by atoms with Crippen molar-refractivity contribution in [2.24, 2.45) is 0 Å². The van der Waals surface area contributed by atoms with Crippen LogP contribution in [0, 0.1) is 6.92 Å². The second-order valence-electron chi connectivity index (χ2n) is 3.97. The largest absolute Gasteiger partial charge is 0.492 e. The molecule has 1 rings (SSSR count). The number of aliphatic hydroxyl groups is 1. The fourth-order valence-electron chi connectivity index (χ4n) is 1.55. The van der Waals surface area contributed by atoms with Crippen molar-refractivity contribution < 1.29 is 9.84 Å². The van der Waals surface area contributed by atoms with Crippen LogP contribution in [0.5, 0.6) is 5.75 Å². The minimum absolute atomic E-state index is 0.165. The molecule has 0 saturated heterocycles. The number of hydrogen-bond donors (Lipinski definition) is 1. The van der Waals surface area contributed by atoms with E-state index in [0.29, 0.717) is 13.2 Å².